The van der Waals surface area contributed by atoms with E-state index in [2.05, 4.69) is 4.98 Å². The number of benzene rings is 1. The van der Waals surface area contributed by atoms with Crippen LogP contribution in [0.3, 0.4) is 0 Å². The van der Waals surface area contributed by atoms with Crippen LogP contribution in [0.25, 0.3) is 5.65 Å². The van der Waals surface area contributed by atoms with E-state index < -0.39 is 23.8 Å². The molecule has 0 radical (unpaired) electrons. The molecule has 3 heterocycles. The van der Waals surface area contributed by atoms with E-state index in [1.807, 2.05) is 0 Å². The van der Waals surface area contributed by atoms with Gasteiger partial charge in [-0.1, -0.05) is 6.07 Å². The van der Waals surface area contributed by atoms with E-state index >= 15 is 0 Å². The third kappa shape index (κ3) is 2.76. The largest absolute Gasteiger partial charge is 0.391 e. The van der Waals surface area contributed by atoms with Gasteiger partial charge in [0, 0.05) is 24.4 Å². The van der Waals surface area contributed by atoms with Crippen LogP contribution in [0, 0.1) is 11.6 Å². The lowest BCUT2D eigenvalue weighted by atomic mass is 10.0. The maximum atomic E-state index is 14.2. The van der Waals surface area contributed by atoms with Gasteiger partial charge in [-0.2, -0.15) is 0 Å². The van der Waals surface area contributed by atoms with Crippen molar-refractivity contribution in [3.8, 4) is 0 Å². The van der Waals surface area contributed by atoms with Gasteiger partial charge in [-0.15, -0.1) is 0 Å². The summed E-state index contributed by atoms with van der Waals surface area (Å²) in [6.07, 6.45) is 1.12. The summed E-state index contributed by atoms with van der Waals surface area (Å²) in [6.45, 7) is 0.191. The molecule has 1 aliphatic heterocycles. The summed E-state index contributed by atoms with van der Waals surface area (Å²) < 4.78 is 29.2. The smallest absolute Gasteiger partial charge is 0.259 e. The molecule has 3 aromatic rings. The average molecular weight is 343 g/mol. The molecule has 1 aliphatic rings. The SMILES string of the molecule is O=c1cc(N2C[C@@H](O)C[C@@H]2c2cc(F)ccc2F)nc2ccccn12. The summed E-state index contributed by atoms with van der Waals surface area (Å²) in [7, 11) is 0. The minimum Gasteiger partial charge on any atom is -0.391 e. The summed E-state index contributed by atoms with van der Waals surface area (Å²) in [4.78, 5) is 18.4. The zero-order valence-corrected chi connectivity index (χ0v) is 13.1. The van der Waals surface area contributed by atoms with Crippen molar-refractivity contribution < 1.29 is 13.9 Å². The van der Waals surface area contributed by atoms with Crippen LogP contribution < -0.4 is 10.5 Å². The van der Waals surface area contributed by atoms with Crippen molar-refractivity contribution >= 4 is 11.5 Å². The number of rotatable bonds is 2. The van der Waals surface area contributed by atoms with Crippen molar-refractivity contribution in [1.82, 2.24) is 9.38 Å². The van der Waals surface area contributed by atoms with Gasteiger partial charge < -0.3 is 10.0 Å². The van der Waals surface area contributed by atoms with Crippen LogP contribution in [0.15, 0.2) is 53.5 Å². The van der Waals surface area contributed by atoms with Gasteiger partial charge in [-0.3, -0.25) is 9.20 Å². The highest BCUT2D eigenvalue weighted by Crippen LogP contribution is 2.36. The first kappa shape index (κ1) is 15.7. The maximum Gasteiger partial charge on any atom is 0.259 e. The Bertz CT molecular complexity index is 1010. The number of aromatic nitrogens is 2. The molecule has 1 N–H and O–H groups in total. The van der Waals surface area contributed by atoms with Crippen LogP contribution in [-0.4, -0.2) is 27.1 Å². The summed E-state index contributed by atoms with van der Waals surface area (Å²) >= 11 is 0. The molecule has 0 saturated carbocycles. The second-order valence-corrected chi connectivity index (χ2v) is 6.10. The first-order valence-electron chi connectivity index (χ1n) is 7.91. The monoisotopic (exact) mass is 343 g/mol. The van der Waals surface area contributed by atoms with Crippen molar-refractivity contribution in [2.75, 3.05) is 11.4 Å². The zero-order valence-electron chi connectivity index (χ0n) is 13.1. The second kappa shape index (κ2) is 5.93. The summed E-state index contributed by atoms with van der Waals surface area (Å²) in [6, 6.07) is 9.16. The fraction of sp³-hybridized carbons (Fsp3) is 0.222. The summed E-state index contributed by atoms with van der Waals surface area (Å²) in [5.74, 6) is -0.770. The topological polar surface area (TPSA) is 57.8 Å². The lowest BCUT2D eigenvalue weighted by molar-refractivity contribution is 0.194. The summed E-state index contributed by atoms with van der Waals surface area (Å²) in [5, 5.41) is 10.1. The molecule has 7 heteroatoms. The molecule has 0 spiro atoms. The molecule has 1 aromatic carbocycles. The van der Waals surface area contributed by atoms with E-state index in [1.54, 1.807) is 29.3 Å². The lowest BCUT2D eigenvalue weighted by Gasteiger charge is -2.26. The molecular weight excluding hydrogens is 328 g/mol. The Kier molecular flexibility index (Phi) is 3.73. The molecular formula is C18H15F2N3O2. The van der Waals surface area contributed by atoms with Crippen LogP contribution in [0.1, 0.15) is 18.0 Å². The van der Waals surface area contributed by atoms with E-state index in [-0.39, 0.29) is 24.1 Å². The van der Waals surface area contributed by atoms with Gasteiger partial charge in [0.2, 0.25) is 0 Å². The van der Waals surface area contributed by atoms with Crippen LogP contribution in [-0.2, 0) is 0 Å². The molecule has 2 aromatic heterocycles. The van der Waals surface area contributed by atoms with Gasteiger partial charge in [-0.05, 0) is 36.8 Å². The number of β-amino-alcohol motifs (C(OH)–C–C–N with tert-alkyl or cyclic N) is 1. The molecule has 5 nitrogen and oxygen atoms in total. The predicted octanol–water partition coefficient (Wildman–Crippen LogP) is 2.29. The van der Waals surface area contributed by atoms with Crippen LogP contribution in [0.2, 0.25) is 0 Å². The van der Waals surface area contributed by atoms with E-state index in [0.717, 1.165) is 18.2 Å². The van der Waals surface area contributed by atoms with E-state index in [1.165, 1.54) is 10.5 Å². The quantitative estimate of drug-likeness (QED) is 0.776. The number of aliphatic hydroxyl groups is 1. The Morgan fingerprint density at radius 1 is 1.16 bits per heavy atom. The molecule has 0 amide bonds. The first-order valence-corrected chi connectivity index (χ1v) is 7.91. The van der Waals surface area contributed by atoms with Gasteiger partial charge in [0.25, 0.3) is 5.56 Å². The summed E-state index contributed by atoms with van der Waals surface area (Å²) in [5.41, 5.74) is 0.317. The number of hydrogen-bond acceptors (Lipinski definition) is 4. The highest BCUT2D eigenvalue weighted by Gasteiger charge is 2.35. The van der Waals surface area contributed by atoms with Crippen LogP contribution >= 0.6 is 0 Å². The Morgan fingerprint density at radius 3 is 2.84 bits per heavy atom. The van der Waals surface area contributed by atoms with Gasteiger partial charge in [0.05, 0.1) is 12.1 Å². The maximum absolute atomic E-state index is 14.2. The van der Waals surface area contributed by atoms with Gasteiger partial charge in [0.1, 0.15) is 23.1 Å². The molecule has 1 fully saturated rings. The van der Waals surface area contributed by atoms with E-state index in [9.17, 15) is 18.7 Å². The number of hydrogen-bond donors (Lipinski definition) is 1. The van der Waals surface area contributed by atoms with Gasteiger partial charge in [0.15, 0.2) is 0 Å². The molecule has 0 unspecified atom stereocenters. The van der Waals surface area contributed by atoms with E-state index in [0.29, 0.717) is 11.5 Å². The number of fused-ring (bicyclic) bond motifs is 1. The van der Waals surface area contributed by atoms with Crippen molar-refractivity contribution in [1.29, 1.82) is 0 Å². The first-order chi connectivity index (χ1) is 12.0. The fourth-order valence-electron chi connectivity index (χ4n) is 3.32. The van der Waals surface area contributed by atoms with Crippen LogP contribution in [0.4, 0.5) is 14.6 Å². The molecule has 0 bridgehead atoms. The third-order valence-electron chi connectivity index (χ3n) is 4.45. The molecule has 25 heavy (non-hydrogen) atoms. The van der Waals surface area contributed by atoms with Crippen LogP contribution in [0.5, 0.6) is 0 Å². The van der Waals surface area contributed by atoms with Crippen molar-refractivity contribution in [3.63, 3.8) is 0 Å². The number of nitrogens with zero attached hydrogens (tertiary/aromatic N) is 3. The Labute approximate surface area is 141 Å². The van der Waals surface area contributed by atoms with E-state index in [4.69, 9.17) is 0 Å². The van der Waals surface area contributed by atoms with Crippen molar-refractivity contribution in [2.45, 2.75) is 18.6 Å². The van der Waals surface area contributed by atoms with Crippen molar-refractivity contribution in [2.24, 2.45) is 0 Å². The second-order valence-electron chi connectivity index (χ2n) is 6.10. The fourth-order valence-corrected chi connectivity index (χ4v) is 3.32. The Hall–Kier alpha value is -2.80. The third-order valence-corrected chi connectivity index (χ3v) is 4.45. The average Bonchev–Trinajstić information content (AvgIpc) is 2.99. The zero-order chi connectivity index (χ0) is 17.6. The molecule has 2 atom stereocenters. The Balaban J connectivity index is 1.83. The van der Waals surface area contributed by atoms with Gasteiger partial charge >= 0.3 is 0 Å². The van der Waals surface area contributed by atoms with Gasteiger partial charge in [-0.25, -0.2) is 13.8 Å². The number of pyridine rings is 1. The lowest BCUT2D eigenvalue weighted by Crippen LogP contribution is -2.28. The van der Waals surface area contributed by atoms with Crippen molar-refractivity contribution in [3.05, 3.63) is 76.2 Å². The Morgan fingerprint density at radius 2 is 2.00 bits per heavy atom. The number of anilines is 1. The molecule has 0 aliphatic carbocycles. The number of aliphatic hydroxyl groups excluding tert-OH is 1. The molecule has 1 saturated heterocycles. The minimum atomic E-state index is -0.719. The molecule has 128 valence electrons. The standard InChI is InChI=1S/C18H15F2N3O2/c19-11-4-5-14(20)13(7-11)15-8-12(24)10-23(15)17-9-18(25)22-6-2-1-3-16(22)21-17/h1-7,9,12,15,24H,8,10H2/t12-,15+/m0/s1. The normalized spacial score (nSPS) is 20.4. The highest BCUT2D eigenvalue weighted by atomic mass is 19.1. The highest BCUT2D eigenvalue weighted by molar-refractivity contribution is 5.51. The number of halogens is 2. The minimum absolute atomic E-state index is 0.145. The predicted molar refractivity (Wildman–Crippen MR) is 88.5 cm³/mol. The molecule has 4 rings (SSSR count).